The van der Waals surface area contributed by atoms with Gasteiger partial charge >= 0.3 is 0 Å². The monoisotopic (exact) mass is 503 g/mol. The van der Waals surface area contributed by atoms with Crippen molar-refractivity contribution in [3.63, 3.8) is 0 Å². The van der Waals surface area contributed by atoms with Gasteiger partial charge in [-0.25, -0.2) is 9.37 Å². The van der Waals surface area contributed by atoms with Gasteiger partial charge in [-0.05, 0) is 47.9 Å². The van der Waals surface area contributed by atoms with Gasteiger partial charge in [-0.3, -0.25) is 14.5 Å². The van der Waals surface area contributed by atoms with Gasteiger partial charge in [0.05, 0.1) is 0 Å². The number of aryl methyl sites for hydroxylation is 1. The van der Waals surface area contributed by atoms with Crippen LogP contribution in [0.5, 0.6) is 0 Å². The predicted molar refractivity (Wildman–Crippen MR) is 138 cm³/mol. The molecule has 2 aliphatic heterocycles. The summed E-state index contributed by atoms with van der Waals surface area (Å²) in [5.74, 6) is -0.239. The standard InChI is InChI=1S/C27H26FN5O2S/c1-17-22-14-19(18-2-5-20(28)6-3-18)4-7-23(22)30-24(17)26(34)33-15-21(16-33)31-9-11-32(12-10-31)27(35)25-29-8-13-36-25/h2-8,13-14,21,30H,9-12,15-16H2,1H3. The second kappa shape index (κ2) is 9.15. The first-order chi connectivity index (χ1) is 17.5. The summed E-state index contributed by atoms with van der Waals surface area (Å²) >= 11 is 1.37. The molecule has 2 saturated heterocycles. The fraction of sp³-hybridized carbons (Fsp3) is 0.296. The van der Waals surface area contributed by atoms with Crippen LogP contribution in [0.4, 0.5) is 4.39 Å². The molecule has 7 nitrogen and oxygen atoms in total. The van der Waals surface area contributed by atoms with E-state index in [1.807, 2.05) is 34.2 Å². The van der Waals surface area contributed by atoms with E-state index in [1.165, 1.54) is 23.5 Å². The molecule has 2 amide bonds. The smallest absolute Gasteiger partial charge is 0.282 e. The van der Waals surface area contributed by atoms with Crippen LogP contribution in [0.2, 0.25) is 0 Å². The topological polar surface area (TPSA) is 72.5 Å². The van der Waals surface area contributed by atoms with Gasteiger partial charge in [0.25, 0.3) is 11.8 Å². The van der Waals surface area contributed by atoms with Crippen molar-refractivity contribution in [1.29, 1.82) is 0 Å². The Kier molecular flexibility index (Phi) is 5.81. The number of piperazine rings is 1. The number of nitrogens with zero attached hydrogens (tertiary/aromatic N) is 4. The van der Waals surface area contributed by atoms with Crippen LogP contribution in [0, 0.1) is 12.7 Å². The fourth-order valence-corrected chi connectivity index (χ4v) is 5.73. The van der Waals surface area contributed by atoms with Crippen molar-refractivity contribution >= 4 is 34.1 Å². The Morgan fingerprint density at radius 2 is 1.69 bits per heavy atom. The van der Waals surface area contributed by atoms with Crippen molar-refractivity contribution in [2.75, 3.05) is 39.3 Å². The summed E-state index contributed by atoms with van der Waals surface area (Å²) < 4.78 is 13.3. The number of hydrogen-bond acceptors (Lipinski definition) is 5. The van der Waals surface area contributed by atoms with Gasteiger partial charge in [-0.1, -0.05) is 18.2 Å². The lowest BCUT2D eigenvalue weighted by atomic mass is 10.0. The summed E-state index contributed by atoms with van der Waals surface area (Å²) in [5.41, 5.74) is 4.39. The van der Waals surface area contributed by atoms with E-state index in [-0.39, 0.29) is 17.6 Å². The second-order valence-electron chi connectivity index (χ2n) is 9.42. The molecule has 0 unspecified atom stereocenters. The van der Waals surface area contributed by atoms with Crippen LogP contribution in [0.1, 0.15) is 25.9 Å². The molecule has 184 valence electrons. The zero-order valence-electron chi connectivity index (χ0n) is 19.9. The largest absolute Gasteiger partial charge is 0.350 e. The molecule has 0 radical (unpaired) electrons. The fourth-order valence-electron chi connectivity index (χ4n) is 5.13. The SMILES string of the molecule is Cc1c(C(=O)N2CC(N3CCN(C(=O)c4nccs4)CC3)C2)[nH]c2ccc(-c3ccc(F)cc3)cc12. The van der Waals surface area contributed by atoms with Crippen LogP contribution in [0.3, 0.4) is 0 Å². The number of fused-ring (bicyclic) bond motifs is 1. The summed E-state index contributed by atoms with van der Waals surface area (Å²) in [6.45, 7) is 6.32. The first-order valence-corrected chi connectivity index (χ1v) is 13.0. The van der Waals surface area contributed by atoms with Crippen molar-refractivity contribution in [1.82, 2.24) is 24.7 Å². The number of hydrogen-bond donors (Lipinski definition) is 1. The van der Waals surface area contributed by atoms with Gasteiger partial charge in [0, 0.05) is 67.8 Å². The molecule has 6 rings (SSSR count). The molecule has 0 spiro atoms. The minimum Gasteiger partial charge on any atom is -0.350 e. The molecule has 0 bridgehead atoms. The summed E-state index contributed by atoms with van der Waals surface area (Å²) in [6.07, 6.45) is 1.66. The van der Waals surface area contributed by atoms with E-state index in [9.17, 15) is 14.0 Å². The Morgan fingerprint density at radius 3 is 2.39 bits per heavy atom. The predicted octanol–water partition coefficient (Wildman–Crippen LogP) is 4.02. The molecular weight excluding hydrogens is 477 g/mol. The van der Waals surface area contributed by atoms with Crippen LogP contribution in [-0.2, 0) is 0 Å². The molecule has 0 saturated carbocycles. The van der Waals surface area contributed by atoms with Crippen LogP contribution in [-0.4, -0.2) is 81.8 Å². The summed E-state index contributed by atoms with van der Waals surface area (Å²) in [7, 11) is 0. The maximum Gasteiger partial charge on any atom is 0.282 e. The average molecular weight is 504 g/mol. The van der Waals surface area contributed by atoms with Gasteiger partial charge in [0.1, 0.15) is 11.5 Å². The molecule has 2 aliphatic rings. The number of aromatic amines is 1. The molecule has 2 aromatic heterocycles. The highest BCUT2D eigenvalue weighted by Gasteiger charge is 2.38. The first-order valence-electron chi connectivity index (χ1n) is 12.1. The maximum absolute atomic E-state index is 13.3. The van der Waals surface area contributed by atoms with E-state index in [2.05, 4.69) is 20.9 Å². The molecule has 0 atom stereocenters. The van der Waals surface area contributed by atoms with E-state index in [4.69, 9.17) is 0 Å². The third kappa shape index (κ3) is 4.08. The number of aromatic nitrogens is 2. The van der Waals surface area contributed by atoms with E-state index in [0.717, 1.165) is 40.7 Å². The number of benzene rings is 2. The minimum atomic E-state index is -0.260. The van der Waals surface area contributed by atoms with Gasteiger partial charge in [0.15, 0.2) is 5.01 Å². The number of H-pyrrole nitrogens is 1. The number of nitrogens with one attached hydrogen (secondary N) is 1. The number of thiazole rings is 1. The third-order valence-corrected chi connectivity index (χ3v) is 8.09. The van der Waals surface area contributed by atoms with Gasteiger partial charge in [-0.2, -0.15) is 0 Å². The quantitative estimate of drug-likeness (QED) is 0.457. The Labute approximate surface area is 212 Å². The molecular formula is C27H26FN5O2S. The van der Waals surface area contributed by atoms with Crippen molar-refractivity contribution in [3.8, 4) is 11.1 Å². The van der Waals surface area contributed by atoms with Crippen LogP contribution >= 0.6 is 11.3 Å². The molecule has 36 heavy (non-hydrogen) atoms. The normalized spacial score (nSPS) is 16.9. The number of halogens is 1. The number of carbonyl (C=O) groups excluding carboxylic acids is 2. The lowest BCUT2D eigenvalue weighted by Gasteiger charge is -2.48. The molecule has 4 heterocycles. The highest BCUT2D eigenvalue weighted by atomic mass is 32.1. The average Bonchev–Trinajstić information content (AvgIpc) is 3.52. The zero-order valence-corrected chi connectivity index (χ0v) is 20.7. The van der Waals surface area contributed by atoms with Gasteiger partial charge < -0.3 is 14.8 Å². The van der Waals surface area contributed by atoms with E-state index < -0.39 is 0 Å². The molecule has 4 aromatic rings. The van der Waals surface area contributed by atoms with Crippen molar-refractivity contribution in [2.45, 2.75) is 13.0 Å². The Bertz CT molecular complexity index is 1420. The summed E-state index contributed by atoms with van der Waals surface area (Å²) in [5, 5.41) is 3.36. The molecule has 0 aliphatic carbocycles. The number of amides is 2. The molecule has 1 N–H and O–H groups in total. The zero-order chi connectivity index (χ0) is 24.8. The number of likely N-dealkylation sites (tertiary alicyclic amines) is 1. The van der Waals surface area contributed by atoms with Crippen LogP contribution < -0.4 is 0 Å². The minimum absolute atomic E-state index is 0.00642. The third-order valence-electron chi connectivity index (χ3n) is 7.33. The second-order valence-corrected chi connectivity index (χ2v) is 10.3. The molecule has 2 fully saturated rings. The van der Waals surface area contributed by atoms with Gasteiger partial charge in [0.2, 0.25) is 0 Å². The Hall–Kier alpha value is -3.56. The molecule has 9 heteroatoms. The molecule has 2 aromatic carbocycles. The van der Waals surface area contributed by atoms with E-state index in [0.29, 0.717) is 42.9 Å². The van der Waals surface area contributed by atoms with Crippen molar-refractivity contribution < 1.29 is 14.0 Å². The lowest BCUT2D eigenvalue weighted by molar-refractivity contribution is 0.00824. The summed E-state index contributed by atoms with van der Waals surface area (Å²) in [6, 6.07) is 12.8. The lowest BCUT2D eigenvalue weighted by Crippen LogP contribution is -2.64. The van der Waals surface area contributed by atoms with Crippen LogP contribution in [0.15, 0.2) is 54.0 Å². The summed E-state index contributed by atoms with van der Waals surface area (Å²) in [4.78, 5) is 39.4. The Morgan fingerprint density at radius 1 is 0.972 bits per heavy atom. The maximum atomic E-state index is 13.3. The van der Waals surface area contributed by atoms with Crippen molar-refractivity contribution in [2.24, 2.45) is 0 Å². The van der Waals surface area contributed by atoms with E-state index in [1.54, 1.807) is 18.3 Å². The van der Waals surface area contributed by atoms with E-state index >= 15 is 0 Å². The van der Waals surface area contributed by atoms with Crippen molar-refractivity contribution in [3.05, 3.63) is 76.1 Å². The highest BCUT2D eigenvalue weighted by Crippen LogP contribution is 2.30. The first kappa shape index (κ1) is 22.9. The Balaban J connectivity index is 1.09. The number of carbonyl (C=O) groups is 2. The highest BCUT2D eigenvalue weighted by molar-refractivity contribution is 7.11. The van der Waals surface area contributed by atoms with Gasteiger partial charge in [-0.15, -0.1) is 11.3 Å². The van der Waals surface area contributed by atoms with Crippen LogP contribution in [0.25, 0.3) is 22.0 Å². The number of rotatable bonds is 4.